The van der Waals surface area contributed by atoms with Crippen molar-refractivity contribution in [2.24, 2.45) is 0 Å². The van der Waals surface area contributed by atoms with Crippen LogP contribution in [0.25, 0.3) is 0 Å². The van der Waals surface area contributed by atoms with E-state index in [9.17, 15) is 0 Å². The summed E-state index contributed by atoms with van der Waals surface area (Å²) in [7, 11) is 0. The zero-order valence-corrected chi connectivity index (χ0v) is 10.5. The van der Waals surface area contributed by atoms with Gasteiger partial charge < -0.3 is 10.1 Å². The fraction of sp³-hybridized carbons (Fsp3) is 1.00. The summed E-state index contributed by atoms with van der Waals surface area (Å²) in [6, 6.07) is 0. The van der Waals surface area contributed by atoms with Crippen LogP contribution in [0.2, 0.25) is 0 Å². The number of unbranched alkanes of at least 4 members (excludes halogenated alkanes) is 1. The Balaban J connectivity index is 1.92. The van der Waals surface area contributed by atoms with Crippen LogP contribution < -0.4 is 5.32 Å². The molecule has 15 heavy (non-hydrogen) atoms. The molecule has 0 atom stereocenters. The molecule has 3 heteroatoms. The van der Waals surface area contributed by atoms with Gasteiger partial charge in [-0.2, -0.15) is 0 Å². The Labute approximate surface area is 94.2 Å². The molecule has 0 saturated carbocycles. The molecule has 0 aromatic rings. The van der Waals surface area contributed by atoms with Gasteiger partial charge >= 0.3 is 0 Å². The van der Waals surface area contributed by atoms with E-state index >= 15 is 0 Å². The predicted molar refractivity (Wildman–Crippen MR) is 64.2 cm³/mol. The van der Waals surface area contributed by atoms with E-state index in [1.807, 2.05) is 0 Å². The molecule has 0 amide bonds. The highest BCUT2D eigenvalue weighted by Gasteiger charge is 2.10. The number of nitrogens with zero attached hydrogens (tertiary/aromatic N) is 1. The van der Waals surface area contributed by atoms with Gasteiger partial charge in [0.2, 0.25) is 0 Å². The van der Waals surface area contributed by atoms with Gasteiger partial charge in [0, 0.05) is 18.6 Å². The maximum absolute atomic E-state index is 5.32. The average Bonchev–Trinajstić information content (AvgIpc) is 2.17. The molecule has 0 aromatic carbocycles. The van der Waals surface area contributed by atoms with Crippen LogP contribution in [0.5, 0.6) is 0 Å². The van der Waals surface area contributed by atoms with Gasteiger partial charge in [0.1, 0.15) is 0 Å². The van der Waals surface area contributed by atoms with Gasteiger partial charge in [0.15, 0.2) is 0 Å². The zero-order valence-electron chi connectivity index (χ0n) is 10.5. The summed E-state index contributed by atoms with van der Waals surface area (Å²) >= 11 is 0. The van der Waals surface area contributed by atoms with Crippen molar-refractivity contribution in [1.82, 2.24) is 10.2 Å². The lowest BCUT2D eigenvalue weighted by molar-refractivity contribution is 0.0372. The fourth-order valence-corrected chi connectivity index (χ4v) is 1.75. The first-order valence-corrected chi connectivity index (χ1v) is 6.13. The number of hydrogen-bond donors (Lipinski definition) is 1. The van der Waals surface area contributed by atoms with Gasteiger partial charge in [-0.1, -0.05) is 0 Å². The lowest BCUT2D eigenvalue weighted by atomic mass is 10.1. The Bertz CT molecular complexity index is 159. The SMILES string of the molecule is CC(C)(C)NCCCCN1CCOCC1. The van der Waals surface area contributed by atoms with Gasteiger partial charge in [-0.05, 0) is 46.7 Å². The van der Waals surface area contributed by atoms with Gasteiger partial charge in [-0.3, -0.25) is 4.90 Å². The Morgan fingerprint density at radius 3 is 2.40 bits per heavy atom. The van der Waals surface area contributed by atoms with E-state index in [-0.39, 0.29) is 5.54 Å². The molecule has 90 valence electrons. The monoisotopic (exact) mass is 214 g/mol. The van der Waals surface area contributed by atoms with Crippen LogP contribution in [0.4, 0.5) is 0 Å². The molecule has 3 nitrogen and oxygen atoms in total. The third-order valence-electron chi connectivity index (χ3n) is 2.66. The zero-order chi connectivity index (χ0) is 11.1. The van der Waals surface area contributed by atoms with Crippen LogP contribution in [-0.4, -0.2) is 49.8 Å². The normalized spacial score (nSPS) is 19.4. The quantitative estimate of drug-likeness (QED) is 0.702. The third kappa shape index (κ3) is 6.88. The van der Waals surface area contributed by atoms with E-state index in [0.29, 0.717) is 0 Å². The van der Waals surface area contributed by atoms with Gasteiger partial charge in [-0.15, -0.1) is 0 Å². The molecule has 1 aliphatic heterocycles. The Kier molecular flexibility index (Phi) is 5.58. The van der Waals surface area contributed by atoms with Crippen molar-refractivity contribution in [3.63, 3.8) is 0 Å². The van der Waals surface area contributed by atoms with Crippen molar-refractivity contribution >= 4 is 0 Å². The molecule has 1 fully saturated rings. The molecular weight excluding hydrogens is 188 g/mol. The minimum atomic E-state index is 0.263. The lowest BCUT2D eigenvalue weighted by Gasteiger charge is -2.26. The van der Waals surface area contributed by atoms with Crippen molar-refractivity contribution in [2.75, 3.05) is 39.4 Å². The number of rotatable bonds is 5. The first-order valence-electron chi connectivity index (χ1n) is 6.13. The molecule has 0 spiro atoms. The summed E-state index contributed by atoms with van der Waals surface area (Å²) in [5.74, 6) is 0. The Morgan fingerprint density at radius 1 is 1.13 bits per heavy atom. The number of morpholine rings is 1. The standard InChI is InChI=1S/C12H26N2O/c1-12(2,3)13-6-4-5-7-14-8-10-15-11-9-14/h13H,4-11H2,1-3H3. The van der Waals surface area contributed by atoms with Crippen molar-refractivity contribution in [1.29, 1.82) is 0 Å². The Morgan fingerprint density at radius 2 is 1.80 bits per heavy atom. The minimum Gasteiger partial charge on any atom is -0.379 e. The van der Waals surface area contributed by atoms with Gasteiger partial charge in [0.05, 0.1) is 13.2 Å². The predicted octanol–water partition coefficient (Wildman–Crippen LogP) is 1.49. The summed E-state index contributed by atoms with van der Waals surface area (Å²) in [6.45, 7) is 13.1. The van der Waals surface area contributed by atoms with E-state index in [2.05, 4.69) is 31.0 Å². The summed E-state index contributed by atoms with van der Waals surface area (Å²) in [6.07, 6.45) is 2.57. The van der Waals surface area contributed by atoms with E-state index in [4.69, 9.17) is 4.74 Å². The maximum atomic E-state index is 5.32. The maximum Gasteiger partial charge on any atom is 0.0594 e. The van der Waals surface area contributed by atoms with Crippen LogP contribution in [-0.2, 0) is 4.74 Å². The van der Waals surface area contributed by atoms with Crippen LogP contribution in [0.1, 0.15) is 33.6 Å². The topological polar surface area (TPSA) is 24.5 Å². The Hall–Kier alpha value is -0.120. The highest BCUT2D eigenvalue weighted by molar-refractivity contribution is 4.70. The summed E-state index contributed by atoms with van der Waals surface area (Å²) < 4.78 is 5.32. The van der Waals surface area contributed by atoms with Crippen LogP contribution in [0, 0.1) is 0 Å². The molecule has 1 aliphatic rings. The molecule has 0 unspecified atom stereocenters. The molecule has 0 bridgehead atoms. The molecular formula is C12H26N2O. The second kappa shape index (κ2) is 6.46. The van der Waals surface area contributed by atoms with E-state index < -0.39 is 0 Å². The van der Waals surface area contributed by atoms with Gasteiger partial charge in [-0.25, -0.2) is 0 Å². The first-order chi connectivity index (χ1) is 7.08. The van der Waals surface area contributed by atoms with Gasteiger partial charge in [0.25, 0.3) is 0 Å². The third-order valence-corrected chi connectivity index (χ3v) is 2.66. The molecule has 1 saturated heterocycles. The summed E-state index contributed by atoms with van der Waals surface area (Å²) in [4.78, 5) is 2.50. The van der Waals surface area contributed by atoms with Crippen molar-refractivity contribution < 1.29 is 4.74 Å². The van der Waals surface area contributed by atoms with E-state index in [1.165, 1.54) is 19.4 Å². The fourth-order valence-electron chi connectivity index (χ4n) is 1.75. The van der Waals surface area contributed by atoms with Crippen molar-refractivity contribution in [2.45, 2.75) is 39.2 Å². The number of hydrogen-bond acceptors (Lipinski definition) is 3. The largest absolute Gasteiger partial charge is 0.379 e. The molecule has 0 aromatic heterocycles. The first kappa shape index (κ1) is 12.9. The van der Waals surface area contributed by atoms with Crippen LogP contribution in [0.3, 0.4) is 0 Å². The number of ether oxygens (including phenoxy) is 1. The molecule has 0 aliphatic carbocycles. The lowest BCUT2D eigenvalue weighted by Crippen LogP contribution is -2.38. The molecule has 1 heterocycles. The highest BCUT2D eigenvalue weighted by atomic mass is 16.5. The van der Waals surface area contributed by atoms with Crippen LogP contribution in [0.15, 0.2) is 0 Å². The highest BCUT2D eigenvalue weighted by Crippen LogP contribution is 2.02. The summed E-state index contributed by atoms with van der Waals surface area (Å²) in [5.41, 5.74) is 0.263. The second-order valence-corrected chi connectivity index (χ2v) is 5.34. The molecule has 1 N–H and O–H groups in total. The van der Waals surface area contributed by atoms with E-state index in [1.54, 1.807) is 0 Å². The number of nitrogens with one attached hydrogen (secondary N) is 1. The smallest absolute Gasteiger partial charge is 0.0594 e. The van der Waals surface area contributed by atoms with Crippen molar-refractivity contribution in [3.05, 3.63) is 0 Å². The van der Waals surface area contributed by atoms with E-state index in [0.717, 1.165) is 32.8 Å². The average molecular weight is 214 g/mol. The van der Waals surface area contributed by atoms with Crippen LogP contribution >= 0.6 is 0 Å². The molecule has 0 radical (unpaired) electrons. The second-order valence-electron chi connectivity index (χ2n) is 5.34. The molecule has 1 rings (SSSR count). The van der Waals surface area contributed by atoms with Crippen molar-refractivity contribution in [3.8, 4) is 0 Å². The minimum absolute atomic E-state index is 0.263. The summed E-state index contributed by atoms with van der Waals surface area (Å²) in [5, 5.41) is 3.52.